The Bertz CT molecular complexity index is 1240. The average molecular weight is 460 g/mol. The molecule has 2 atom stereocenters. The number of amides is 2. The smallest absolute Gasteiger partial charge is 0.412 e. The molecule has 2 aliphatic carbocycles. The number of anilines is 1. The fourth-order valence-corrected chi connectivity index (χ4v) is 4.52. The fraction of sp³-hybridized carbons (Fsp3) is 0.280. The Morgan fingerprint density at radius 2 is 1.74 bits per heavy atom. The maximum atomic E-state index is 12.5. The Morgan fingerprint density at radius 1 is 1.09 bits per heavy atom. The van der Waals surface area contributed by atoms with Crippen molar-refractivity contribution in [3.63, 3.8) is 0 Å². The van der Waals surface area contributed by atoms with E-state index in [-0.39, 0.29) is 30.7 Å². The van der Waals surface area contributed by atoms with Crippen molar-refractivity contribution in [3.05, 3.63) is 71.4 Å². The standard InChI is InChI=1S/C25H24N4O5/c1-29-22(11-21(28-29)23(30)26-12-14-10-19(14)24(31)32)27-25(33)34-13-20-17-8-4-2-6-15(17)16-7-3-5-9-18(16)20/h2-9,11,14,19-20H,10,12-13H2,1H3,(H,26,30)(H,27,33)(H,31,32). The van der Waals surface area contributed by atoms with Crippen LogP contribution in [-0.2, 0) is 16.6 Å². The molecule has 0 saturated heterocycles. The second kappa shape index (κ2) is 8.66. The zero-order valence-corrected chi connectivity index (χ0v) is 18.5. The summed E-state index contributed by atoms with van der Waals surface area (Å²) in [4.78, 5) is 35.8. The lowest BCUT2D eigenvalue weighted by Crippen LogP contribution is -2.27. The van der Waals surface area contributed by atoms with Crippen molar-refractivity contribution in [3.8, 4) is 11.1 Å². The second-order valence-corrected chi connectivity index (χ2v) is 8.64. The molecular weight excluding hydrogens is 436 g/mol. The number of carboxylic acid groups (broad SMARTS) is 1. The Morgan fingerprint density at radius 3 is 2.35 bits per heavy atom. The Kier molecular flexibility index (Phi) is 5.53. The Balaban J connectivity index is 1.19. The molecule has 0 aliphatic heterocycles. The van der Waals surface area contributed by atoms with Crippen molar-refractivity contribution < 1.29 is 24.2 Å². The van der Waals surface area contributed by atoms with E-state index >= 15 is 0 Å². The molecule has 9 nitrogen and oxygen atoms in total. The van der Waals surface area contributed by atoms with Gasteiger partial charge in [-0.25, -0.2) is 4.79 Å². The summed E-state index contributed by atoms with van der Waals surface area (Å²) in [5.74, 6) is -1.45. The van der Waals surface area contributed by atoms with Crippen LogP contribution in [0, 0.1) is 11.8 Å². The maximum absolute atomic E-state index is 12.5. The third-order valence-corrected chi connectivity index (χ3v) is 6.45. The SMILES string of the molecule is Cn1nc(C(=O)NCC2CC2C(=O)O)cc1NC(=O)OCC1c2ccccc2-c2ccccc21. The summed E-state index contributed by atoms with van der Waals surface area (Å²) in [6.45, 7) is 0.457. The van der Waals surface area contributed by atoms with Gasteiger partial charge in [0, 0.05) is 25.6 Å². The van der Waals surface area contributed by atoms with Gasteiger partial charge in [-0.15, -0.1) is 0 Å². The van der Waals surface area contributed by atoms with E-state index in [2.05, 4.69) is 27.9 Å². The van der Waals surface area contributed by atoms with E-state index in [4.69, 9.17) is 9.84 Å². The number of benzene rings is 2. The summed E-state index contributed by atoms with van der Waals surface area (Å²) in [7, 11) is 1.61. The molecule has 0 spiro atoms. The molecule has 2 aromatic carbocycles. The van der Waals surface area contributed by atoms with Crippen LogP contribution in [0.25, 0.3) is 11.1 Å². The molecule has 34 heavy (non-hydrogen) atoms. The highest BCUT2D eigenvalue weighted by molar-refractivity contribution is 5.94. The number of carbonyl (C=O) groups excluding carboxylic acids is 2. The molecule has 0 radical (unpaired) electrons. The van der Waals surface area contributed by atoms with Gasteiger partial charge in [0.1, 0.15) is 12.4 Å². The van der Waals surface area contributed by atoms with Gasteiger partial charge in [0.05, 0.1) is 5.92 Å². The second-order valence-electron chi connectivity index (χ2n) is 8.64. The van der Waals surface area contributed by atoms with Crippen LogP contribution in [0.4, 0.5) is 10.6 Å². The number of carboxylic acids is 1. The van der Waals surface area contributed by atoms with Crippen molar-refractivity contribution in [2.75, 3.05) is 18.5 Å². The molecule has 5 rings (SSSR count). The summed E-state index contributed by atoms with van der Waals surface area (Å²) < 4.78 is 6.92. The lowest BCUT2D eigenvalue weighted by atomic mass is 9.98. The number of nitrogens with one attached hydrogen (secondary N) is 2. The van der Waals surface area contributed by atoms with Crippen LogP contribution in [0.5, 0.6) is 0 Å². The first-order chi connectivity index (χ1) is 16.4. The van der Waals surface area contributed by atoms with Crippen LogP contribution in [-0.4, -0.2) is 46.0 Å². The summed E-state index contributed by atoms with van der Waals surface area (Å²) in [6.07, 6.45) is -0.0778. The van der Waals surface area contributed by atoms with Crippen molar-refractivity contribution in [2.45, 2.75) is 12.3 Å². The first-order valence-electron chi connectivity index (χ1n) is 11.1. The third kappa shape index (κ3) is 4.12. The monoisotopic (exact) mass is 460 g/mol. The minimum Gasteiger partial charge on any atom is -0.481 e. The molecule has 1 fully saturated rings. The molecule has 3 N–H and O–H groups in total. The van der Waals surface area contributed by atoms with Crippen molar-refractivity contribution in [2.24, 2.45) is 18.9 Å². The minimum absolute atomic E-state index is 0.0522. The van der Waals surface area contributed by atoms with Gasteiger partial charge in [-0.05, 0) is 34.6 Å². The van der Waals surface area contributed by atoms with E-state index in [9.17, 15) is 14.4 Å². The van der Waals surface area contributed by atoms with E-state index in [0.717, 1.165) is 22.3 Å². The normalized spacial score (nSPS) is 18.0. The molecule has 1 aromatic heterocycles. The number of ether oxygens (including phenoxy) is 1. The lowest BCUT2D eigenvalue weighted by Gasteiger charge is -2.14. The molecule has 2 amide bonds. The lowest BCUT2D eigenvalue weighted by molar-refractivity contribution is -0.138. The first kappa shape index (κ1) is 21.7. The van der Waals surface area contributed by atoms with Crippen molar-refractivity contribution in [1.82, 2.24) is 15.1 Å². The number of hydrogen-bond donors (Lipinski definition) is 3. The summed E-state index contributed by atoms with van der Waals surface area (Å²) in [5.41, 5.74) is 4.67. The van der Waals surface area contributed by atoms with Crippen LogP contribution in [0.3, 0.4) is 0 Å². The number of fused-ring (bicyclic) bond motifs is 3. The predicted octanol–water partition coefficient (Wildman–Crippen LogP) is 3.23. The highest BCUT2D eigenvalue weighted by atomic mass is 16.5. The first-order valence-corrected chi connectivity index (χ1v) is 11.1. The van der Waals surface area contributed by atoms with Gasteiger partial charge in [0.2, 0.25) is 0 Å². The van der Waals surface area contributed by atoms with E-state index in [1.807, 2.05) is 36.4 Å². The number of carbonyl (C=O) groups is 3. The van der Waals surface area contributed by atoms with Gasteiger partial charge in [-0.2, -0.15) is 5.10 Å². The van der Waals surface area contributed by atoms with Crippen LogP contribution in [0.1, 0.15) is 34.0 Å². The van der Waals surface area contributed by atoms with Crippen molar-refractivity contribution >= 4 is 23.8 Å². The quantitative estimate of drug-likeness (QED) is 0.498. The van der Waals surface area contributed by atoms with Crippen molar-refractivity contribution in [1.29, 1.82) is 0 Å². The van der Waals surface area contributed by atoms with Gasteiger partial charge in [-0.3, -0.25) is 19.6 Å². The maximum Gasteiger partial charge on any atom is 0.412 e. The highest BCUT2D eigenvalue weighted by Gasteiger charge is 2.43. The Labute approximate surface area is 195 Å². The molecule has 0 bridgehead atoms. The predicted molar refractivity (Wildman–Crippen MR) is 123 cm³/mol. The molecule has 1 heterocycles. The molecular formula is C25H24N4O5. The largest absolute Gasteiger partial charge is 0.481 e. The van der Waals surface area contributed by atoms with Crippen LogP contribution >= 0.6 is 0 Å². The number of aromatic nitrogens is 2. The van der Waals surface area contributed by atoms with Gasteiger partial charge < -0.3 is 15.2 Å². The van der Waals surface area contributed by atoms with Gasteiger partial charge in [0.15, 0.2) is 5.69 Å². The minimum atomic E-state index is -0.841. The highest BCUT2D eigenvalue weighted by Crippen LogP contribution is 2.44. The molecule has 9 heteroatoms. The zero-order chi connectivity index (χ0) is 23.8. The van der Waals surface area contributed by atoms with Crippen LogP contribution in [0.2, 0.25) is 0 Å². The molecule has 1 saturated carbocycles. The summed E-state index contributed by atoms with van der Waals surface area (Å²) >= 11 is 0. The molecule has 2 unspecified atom stereocenters. The van der Waals surface area contributed by atoms with Crippen LogP contribution < -0.4 is 10.6 Å². The number of nitrogens with zero attached hydrogens (tertiary/aromatic N) is 2. The third-order valence-electron chi connectivity index (χ3n) is 6.45. The summed E-state index contributed by atoms with van der Waals surface area (Å²) in [6, 6.07) is 17.6. The van der Waals surface area contributed by atoms with E-state index in [1.165, 1.54) is 10.7 Å². The number of aliphatic carboxylic acids is 1. The number of rotatable bonds is 7. The average Bonchev–Trinajstić information content (AvgIpc) is 3.44. The fourth-order valence-electron chi connectivity index (χ4n) is 4.52. The van der Waals surface area contributed by atoms with E-state index < -0.39 is 23.9 Å². The van der Waals surface area contributed by atoms with E-state index in [0.29, 0.717) is 12.2 Å². The van der Waals surface area contributed by atoms with Gasteiger partial charge in [-0.1, -0.05) is 48.5 Å². The summed E-state index contributed by atoms with van der Waals surface area (Å²) in [5, 5.41) is 18.4. The number of aryl methyl sites for hydroxylation is 1. The van der Waals surface area contributed by atoms with Gasteiger partial charge in [0.25, 0.3) is 5.91 Å². The molecule has 3 aromatic rings. The molecule has 174 valence electrons. The Hall–Kier alpha value is -4.14. The zero-order valence-electron chi connectivity index (χ0n) is 18.5. The van der Waals surface area contributed by atoms with E-state index in [1.54, 1.807) is 7.05 Å². The molecule has 2 aliphatic rings. The topological polar surface area (TPSA) is 123 Å². The number of hydrogen-bond acceptors (Lipinski definition) is 5. The van der Waals surface area contributed by atoms with Gasteiger partial charge >= 0.3 is 12.1 Å². The van der Waals surface area contributed by atoms with Crippen LogP contribution in [0.15, 0.2) is 54.6 Å².